The third-order valence-electron chi connectivity index (χ3n) is 2.78. The summed E-state index contributed by atoms with van der Waals surface area (Å²) in [4.78, 5) is 0. The van der Waals surface area contributed by atoms with Crippen molar-refractivity contribution >= 4 is 0 Å². The van der Waals surface area contributed by atoms with Crippen LogP contribution in [-0.4, -0.2) is 12.6 Å². The lowest BCUT2D eigenvalue weighted by molar-refractivity contribution is 0.104. The number of nitrogens with two attached hydrogens (primary N) is 1. The molecule has 0 amide bonds. The molecule has 0 radical (unpaired) electrons. The summed E-state index contributed by atoms with van der Waals surface area (Å²) in [5.74, 6) is 0.889. The van der Waals surface area contributed by atoms with Crippen LogP contribution in [0.25, 0.3) is 0 Å². The van der Waals surface area contributed by atoms with Crippen LogP contribution >= 0.6 is 0 Å². The third kappa shape index (κ3) is 4.02. The monoisotopic (exact) mass is 205 g/mol. The number of hydrogen-bond acceptors (Lipinski definition) is 2. The van der Waals surface area contributed by atoms with Crippen LogP contribution in [-0.2, 0) is 11.3 Å². The molecule has 1 fully saturated rings. The van der Waals surface area contributed by atoms with Crippen molar-refractivity contribution in [3.63, 3.8) is 0 Å². The van der Waals surface area contributed by atoms with E-state index in [-0.39, 0.29) is 6.04 Å². The molecule has 2 heteroatoms. The van der Waals surface area contributed by atoms with Gasteiger partial charge in [0.15, 0.2) is 0 Å². The largest absolute Gasteiger partial charge is 0.375 e. The van der Waals surface area contributed by atoms with Gasteiger partial charge in [0.2, 0.25) is 0 Å². The van der Waals surface area contributed by atoms with Crippen LogP contribution < -0.4 is 5.73 Å². The molecule has 0 aliphatic heterocycles. The van der Waals surface area contributed by atoms with Gasteiger partial charge in [0.1, 0.15) is 0 Å². The molecule has 1 atom stereocenters. The Labute approximate surface area is 91.4 Å². The van der Waals surface area contributed by atoms with Crippen LogP contribution in [0, 0.1) is 5.92 Å². The first-order chi connectivity index (χ1) is 7.34. The summed E-state index contributed by atoms with van der Waals surface area (Å²) < 4.78 is 5.59. The molecule has 1 aliphatic carbocycles. The molecule has 1 aromatic carbocycles. The average Bonchev–Trinajstić information content (AvgIpc) is 3.03. The highest BCUT2D eigenvalue weighted by Gasteiger charge is 2.23. The zero-order valence-electron chi connectivity index (χ0n) is 9.06. The number of ether oxygens (including phenoxy) is 1. The van der Waals surface area contributed by atoms with Crippen LogP contribution in [0.15, 0.2) is 30.3 Å². The Morgan fingerprint density at radius 2 is 2.00 bits per heavy atom. The van der Waals surface area contributed by atoms with Crippen LogP contribution in [0.4, 0.5) is 0 Å². The second-order valence-corrected chi connectivity index (χ2v) is 4.44. The Morgan fingerprint density at radius 3 is 2.67 bits per heavy atom. The van der Waals surface area contributed by atoms with E-state index in [1.807, 2.05) is 18.2 Å². The molecule has 0 bridgehead atoms. The fraction of sp³-hybridized carbons (Fsp3) is 0.538. The minimum Gasteiger partial charge on any atom is -0.375 e. The lowest BCUT2D eigenvalue weighted by atomic mass is 10.1. The molecule has 82 valence electrons. The number of rotatable bonds is 6. The highest BCUT2D eigenvalue weighted by molar-refractivity contribution is 5.13. The van der Waals surface area contributed by atoms with Crippen molar-refractivity contribution in [2.24, 2.45) is 11.7 Å². The highest BCUT2D eigenvalue weighted by Crippen LogP contribution is 2.33. The minimum absolute atomic E-state index is 0.223. The van der Waals surface area contributed by atoms with Crippen molar-refractivity contribution in [3.05, 3.63) is 35.9 Å². The normalized spacial score (nSPS) is 17.7. The van der Waals surface area contributed by atoms with E-state index in [1.54, 1.807) is 0 Å². The molecule has 15 heavy (non-hydrogen) atoms. The first-order valence-corrected chi connectivity index (χ1v) is 5.72. The molecule has 2 rings (SSSR count). The molecule has 1 aromatic rings. The van der Waals surface area contributed by atoms with Gasteiger partial charge < -0.3 is 10.5 Å². The van der Waals surface area contributed by atoms with E-state index >= 15 is 0 Å². The first kappa shape index (κ1) is 10.7. The van der Waals surface area contributed by atoms with Crippen molar-refractivity contribution in [1.29, 1.82) is 0 Å². The maximum atomic E-state index is 5.95. The smallest absolute Gasteiger partial charge is 0.0717 e. The van der Waals surface area contributed by atoms with Crippen LogP contribution in [0.2, 0.25) is 0 Å². The Morgan fingerprint density at radius 1 is 1.27 bits per heavy atom. The van der Waals surface area contributed by atoms with Gasteiger partial charge in [-0.05, 0) is 17.9 Å². The fourth-order valence-electron chi connectivity index (χ4n) is 1.75. The van der Waals surface area contributed by atoms with E-state index in [4.69, 9.17) is 10.5 Å². The predicted molar refractivity (Wildman–Crippen MR) is 61.4 cm³/mol. The molecule has 0 spiro atoms. The molecule has 0 aromatic heterocycles. The van der Waals surface area contributed by atoms with Gasteiger partial charge in [-0.25, -0.2) is 0 Å². The van der Waals surface area contributed by atoms with Crippen LogP contribution in [0.5, 0.6) is 0 Å². The maximum absolute atomic E-state index is 5.95. The predicted octanol–water partition coefficient (Wildman–Crippen LogP) is 2.33. The molecule has 1 aliphatic rings. The molecule has 0 heterocycles. The van der Waals surface area contributed by atoms with E-state index in [0.717, 1.165) is 12.3 Å². The van der Waals surface area contributed by atoms with Gasteiger partial charge in [-0.1, -0.05) is 43.2 Å². The van der Waals surface area contributed by atoms with Gasteiger partial charge in [-0.3, -0.25) is 0 Å². The SMILES string of the molecule is NC(COCc1ccccc1)CC1CC1. The van der Waals surface area contributed by atoms with E-state index in [2.05, 4.69) is 12.1 Å². The van der Waals surface area contributed by atoms with Crippen molar-refractivity contribution in [1.82, 2.24) is 0 Å². The van der Waals surface area contributed by atoms with Crippen molar-refractivity contribution < 1.29 is 4.74 Å². The number of benzene rings is 1. The minimum atomic E-state index is 0.223. The van der Waals surface area contributed by atoms with E-state index < -0.39 is 0 Å². The average molecular weight is 205 g/mol. The Bertz CT molecular complexity index is 282. The molecule has 1 unspecified atom stereocenters. The third-order valence-corrected chi connectivity index (χ3v) is 2.78. The summed E-state index contributed by atoms with van der Waals surface area (Å²) in [5.41, 5.74) is 7.17. The molecule has 2 N–H and O–H groups in total. The quantitative estimate of drug-likeness (QED) is 0.773. The maximum Gasteiger partial charge on any atom is 0.0717 e. The van der Waals surface area contributed by atoms with Crippen LogP contribution in [0.3, 0.4) is 0 Å². The van der Waals surface area contributed by atoms with Gasteiger partial charge >= 0.3 is 0 Å². The summed E-state index contributed by atoms with van der Waals surface area (Å²) >= 11 is 0. The molecule has 2 nitrogen and oxygen atoms in total. The summed E-state index contributed by atoms with van der Waals surface area (Å²) in [5, 5.41) is 0. The molecular weight excluding hydrogens is 186 g/mol. The lowest BCUT2D eigenvalue weighted by Crippen LogP contribution is -2.26. The van der Waals surface area contributed by atoms with E-state index in [9.17, 15) is 0 Å². The summed E-state index contributed by atoms with van der Waals surface area (Å²) in [6.07, 6.45) is 3.87. The highest BCUT2D eigenvalue weighted by atomic mass is 16.5. The van der Waals surface area contributed by atoms with Gasteiger partial charge in [0, 0.05) is 6.04 Å². The molecule has 0 saturated heterocycles. The molecule has 1 saturated carbocycles. The first-order valence-electron chi connectivity index (χ1n) is 5.72. The van der Waals surface area contributed by atoms with Crippen molar-refractivity contribution in [2.45, 2.75) is 31.9 Å². The lowest BCUT2D eigenvalue weighted by Gasteiger charge is -2.11. The summed E-state index contributed by atoms with van der Waals surface area (Å²) in [6, 6.07) is 10.5. The van der Waals surface area contributed by atoms with E-state index in [1.165, 1.54) is 18.4 Å². The van der Waals surface area contributed by atoms with Crippen molar-refractivity contribution in [3.8, 4) is 0 Å². The van der Waals surface area contributed by atoms with Gasteiger partial charge in [-0.2, -0.15) is 0 Å². The Kier molecular flexibility index (Phi) is 3.75. The van der Waals surface area contributed by atoms with Gasteiger partial charge in [-0.15, -0.1) is 0 Å². The zero-order chi connectivity index (χ0) is 10.5. The van der Waals surface area contributed by atoms with Crippen LogP contribution in [0.1, 0.15) is 24.8 Å². The standard InChI is InChI=1S/C13H19NO/c14-13(8-11-6-7-11)10-15-9-12-4-2-1-3-5-12/h1-5,11,13H,6-10,14H2. The van der Waals surface area contributed by atoms with Crippen molar-refractivity contribution in [2.75, 3.05) is 6.61 Å². The molecular formula is C13H19NO. The Hall–Kier alpha value is -0.860. The topological polar surface area (TPSA) is 35.2 Å². The second kappa shape index (κ2) is 5.29. The van der Waals surface area contributed by atoms with E-state index in [0.29, 0.717) is 13.2 Å². The van der Waals surface area contributed by atoms with Gasteiger partial charge in [0.25, 0.3) is 0 Å². The number of hydrogen-bond donors (Lipinski definition) is 1. The summed E-state index contributed by atoms with van der Waals surface area (Å²) in [6.45, 7) is 1.37. The van der Waals surface area contributed by atoms with Gasteiger partial charge in [0.05, 0.1) is 13.2 Å². The zero-order valence-corrected chi connectivity index (χ0v) is 9.06. The summed E-state index contributed by atoms with van der Waals surface area (Å²) in [7, 11) is 0. The fourth-order valence-corrected chi connectivity index (χ4v) is 1.75. The Balaban J connectivity index is 1.61. The second-order valence-electron chi connectivity index (χ2n) is 4.44.